The zero-order valence-electron chi connectivity index (χ0n) is 7.46. The van der Waals surface area contributed by atoms with Crippen LogP contribution >= 0.6 is 11.6 Å². The maximum atomic E-state index is 5.92. The molecule has 1 unspecified atom stereocenters. The minimum absolute atomic E-state index is 0.177. The lowest BCUT2D eigenvalue weighted by Gasteiger charge is -2.09. The van der Waals surface area contributed by atoms with Crippen LogP contribution in [0.25, 0.3) is 0 Å². The number of ether oxygens (including phenoxy) is 1. The number of hydrogen-bond donors (Lipinski definition) is 1. The smallest absolute Gasteiger partial charge is 0.137 e. The van der Waals surface area contributed by atoms with Crippen molar-refractivity contribution in [3.8, 4) is 5.75 Å². The van der Waals surface area contributed by atoms with Gasteiger partial charge in [-0.1, -0.05) is 23.7 Å². The van der Waals surface area contributed by atoms with Crippen LogP contribution in [0.5, 0.6) is 5.75 Å². The Hall–Kier alpha value is -0.990. The number of halogens is 1. The first-order valence-electron chi connectivity index (χ1n) is 3.90. The summed E-state index contributed by atoms with van der Waals surface area (Å²) in [6.45, 7) is 3.61. The molecule has 0 bridgehead atoms. The van der Waals surface area contributed by atoms with Gasteiger partial charge in [-0.05, 0) is 17.7 Å². The van der Waals surface area contributed by atoms with Crippen LogP contribution in [0.3, 0.4) is 0 Å². The Morgan fingerprint density at radius 1 is 1.62 bits per heavy atom. The van der Waals surface area contributed by atoms with Gasteiger partial charge in [-0.25, -0.2) is 0 Å². The third-order valence-corrected chi connectivity index (χ3v) is 2.11. The number of methoxy groups -OCH3 is 1. The van der Waals surface area contributed by atoms with E-state index in [9.17, 15) is 0 Å². The fraction of sp³-hybridized carbons (Fsp3) is 0.200. The molecule has 0 aliphatic carbocycles. The van der Waals surface area contributed by atoms with Crippen molar-refractivity contribution in [2.75, 3.05) is 7.11 Å². The highest BCUT2D eigenvalue weighted by atomic mass is 35.5. The summed E-state index contributed by atoms with van der Waals surface area (Å²) in [6.07, 6.45) is 1.66. The highest BCUT2D eigenvalue weighted by Gasteiger charge is 2.05. The molecular formula is C10H12ClNO. The second kappa shape index (κ2) is 4.30. The SMILES string of the molecule is C=CC(N)c1ccc(OC)c(Cl)c1. The van der Waals surface area contributed by atoms with E-state index in [1.165, 1.54) is 0 Å². The Morgan fingerprint density at radius 2 is 2.31 bits per heavy atom. The highest BCUT2D eigenvalue weighted by Crippen LogP contribution is 2.26. The van der Waals surface area contributed by atoms with Crippen molar-refractivity contribution in [2.45, 2.75) is 6.04 Å². The van der Waals surface area contributed by atoms with Crippen molar-refractivity contribution < 1.29 is 4.74 Å². The van der Waals surface area contributed by atoms with Crippen LogP contribution < -0.4 is 10.5 Å². The molecule has 0 saturated carbocycles. The van der Waals surface area contributed by atoms with E-state index in [-0.39, 0.29) is 6.04 Å². The zero-order valence-corrected chi connectivity index (χ0v) is 8.21. The molecule has 0 heterocycles. The van der Waals surface area contributed by atoms with Crippen LogP contribution in [0.4, 0.5) is 0 Å². The Balaban J connectivity index is 3.02. The molecule has 1 atom stereocenters. The molecule has 70 valence electrons. The summed E-state index contributed by atoms with van der Waals surface area (Å²) in [5.41, 5.74) is 6.67. The predicted molar refractivity (Wildman–Crippen MR) is 55.1 cm³/mol. The summed E-state index contributed by atoms with van der Waals surface area (Å²) in [6, 6.07) is 5.27. The molecule has 1 rings (SSSR count). The number of benzene rings is 1. The van der Waals surface area contributed by atoms with Crippen molar-refractivity contribution >= 4 is 11.6 Å². The van der Waals surface area contributed by atoms with Gasteiger partial charge in [-0.3, -0.25) is 0 Å². The standard InChI is InChI=1S/C10H12ClNO/c1-3-9(12)7-4-5-10(13-2)8(11)6-7/h3-6,9H,1,12H2,2H3. The van der Waals surface area contributed by atoms with Gasteiger partial charge in [0.15, 0.2) is 0 Å². The van der Waals surface area contributed by atoms with E-state index in [0.717, 1.165) is 5.56 Å². The fourth-order valence-electron chi connectivity index (χ4n) is 1.03. The number of nitrogens with two attached hydrogens (primary N) is 1. The molecule has 3 heteroatoms. The largest absolute Gasteiger partial charge is 0.495 e. The molecule has 0 spiro atoms. The second-order valence-corrected chi connectivity index (χ2v) is 3.06. The fourth-order valence-corrected chi connectivity index (χ4v) is 1.29. The third-order valence-electron chi connectivity index (χ3n) is 1.81. The highest BCUT2D eigenvalue weighted by molar-refractivity contribution is 6.32. The molecule has 1 aromatic carbocycles. The topological polar surface area (TPSA) is 35.2 Å². The number of rotatable bonds is 3. The van der Waals surface area contributed by atoms with Crippen LogP contribution in [-0.4, -0.2) is 7.11 Å². The Bertz CT molecular complexity index is 312. The summed E-state index contributed by atoms with van der Waals surface area (Å²) in [7, 11) is 1.58. The monoisotopic (exact) mass is 197 g/mol. The first kappa shape index (κ1) is 10.1. The van der Waals surface area contributed by atoms with E-state index in [4.69, 9.17) is 22.1 Å². The molecule has 0 amide bonds. The maximum Gasteiger partial charge on any atom is 0.137 e. The van der Waals surface area contributed by atoms with E-state index in [1.807, 2.05) is 6.07 Å². The molecule has 0 aliphatic rings. The molecular weight excluding hydrogens is 186 g/mol. The molecule has 0 aromatic heterocycles. The normalized spacial score (nSPS) is 12.2. The molecule has 1 aromatic rings. The Morgan fingerprint density at radius 3 is 2.77 bits per heavy atom. The van der Waals surface area contributed by atoms with Crippen molar-refractivity contribution in [2.24, 2.45) is 5.73 Å². The van der Waals surface area contributed by atoms with Crippen LogP contribution in [0, 0.1) is 0 Å². The van der Waals surface area contributed by atoms with Crippen LogP contribution in [0.2, 0.25) is 5.02 Å². The van der Waals surface area contributed by atoms with Crippen LogP contribution in [0.15, 0.2) is 30.9 Å². The summed E-state index contributed by atoms with van der Waals surface area (Å²) in [5.74, 6) is 0.654. The third kappa shape index (κ3) is 2.23. The van der Waals surface area contributed by atoms with Gasteiger partial charge in [0.1, 0.15) is 5.75 Å². The second-order valence-electron chi connectivity index (χ2n) is 2.66. The average Bonchev–Trinajstić information content (AvgIpc) is 2.16. The average molecular weight is 198 g/mol. The van der Waals surface area contributed by atoms with Gasteiger partial charge in [0.05, 0.1) is 12.1 Å². The molecule has 0 saturated heterocycles. The summed E-state index contributed by atoms with van der Waals surface area (Å²) in [4.78, 5) is 0. The van der Waals surface area contributed by atoms with Crippen LogP contribution in [-0.2, 0) is 0 Å². The van der Waals surface area contributed by atoms with Gasteiger partial charge in [0.25, 0.3) is 0 Å². The molecule has 2 nitrogen and oxygen atoms in total. The van der Waals surface area contributed by atoms with Gasteiger partial charge in [0.2, 0.25) is 0 Å². The maximum absolute atomic E-state index is 5.92. The van der Waals surface area contributed by atoms with E-state index < -0.39 is 0 Å². The minimum Gasteiger partial charge on any atom is -0.495 e. The Kier molecular flexibility index (Phi) is 3.34. The van der Waals surface area contributed by atoms with Gasteiger partial charge >= 0.3 is 0 Å². The summed E-state index contributed by atoms with van der Waals surface area (Å²) >= 11 is 5.92. The Labute approximate surface area is 83.0 Å². The molecule has 0 fully saturated rings. The first-order chi connectivity index (χ1) is 6.19. The van der Waals surface area contributed by atoms with Gasteiger partial charge in [-0.15, -0.1) is 6.58 Å². The van der Waals surface area contributed by atoms with Crippen LogP contribution in [0.1, 0.15) is 11.6 Å². The summed E-state index contributed by atoms with van der Waals surface area (Å²) in [5, 5.41) is 0.567. The molecule has 0 radical (unpaired) electrons. The zero-order chi connectivity index (χ0) is 9.84. The van der Waals surface area contributed by atoms with E-state index in [0.29, 0.717) is 10.8 Å². The van der Waals surface area contributed by atoms with Crippen molar-refractivity contribution in [1.82, 2.24) is 0 Å². The lowest BCUT2D eigenvalue weighted by atomic mass is 10.1. The predicted octanol–water partition coefficient (Wildman–Crippen LogP) is 2.53. The van der Waals surface area contributed by atoms with Crippen molar-refractivity contribution in [1.29, 1.82) is 0 Å². The molecule has 13 heavy (non-hydrogen) atoms. The van der Waals surface area contributed by atoms with Gasteiger partial charge < -0.3 is 10.5 Å². The van der Waals surface area contributed by atoms with Gasteiger partial charge in [-0.2, -0.15) is 0 Å². The van der Waals surface area contributed by atoms with E-state index in [1.54, 1.807) is 25.3 Å². The first-order valence-corrected chi connectivity index (χ1v) is 4.28. The number of hydrogen-bond acceptors (Lipinski definition) is 2. The lowest BCUT2D eigenvalue weighted by molar-refractivity contribution is 0.415. The molecule has 0 aliphatic heterocycles. The van der Waals surface area contributed by atoms with Crippen molar-refractivity contribution in [3.63, 3.8) is 0 Å². The minimum atomic E-state index is -0.177. The summed E-state index contributed by atoms with van der Waals surface area (Å²) < 4.78 is 5.01. The quantitative estimate of drug-likeness (QED) is 0.756. The lowest BCUT2D eigenvalue weighted by Crippen LogP contribution is -2.06. The van der Waals surface area contributed by atoms with E-state index in [2.05, 4.69) is 6.58 Å². The van der Waals surface area contributed by atoms with E-state index >= 15 is 0 Å². The van der Waals surface area contributed by atoms with Gasteiger partial charge in [0, 0.05) is 6.04 Å². The molecule has 2 N–H and O–H groups in total. The van der Waals surface area contributed by atoms with Crippen molar-refractivity contribution in [3.05, 3.63) is 41.4 Å².